The molecule has 0 saturated carbocycles. The number of hydrogen-bond donors (Lipinski definition) is 3. The number of hydrogen-bond acceptors (Lipinski definition) is 7. The van der Waals surface area contributed by atoms with Crippen molar-refractivity contribution in [3.63, 3.8) is 0 Å². The monoisotopic (exact) mass is 408 g/mol. The highest BCUT2D eigenvalue weighted by molar-refractivity contribution is 7.20. The van der Waals surface area contributed by atoms with Crippen LogP contribution in [0.15, 0.2) is 60.0 Å². The molecule has 8 heteroatoms. The lowest BCUT2D eigenvalue weighted by molar-refractivity contribution is 0.102. The van der Waals surface area contributed by atoms with Crippen LogP contribution in [0.1, 0.15) is 16.1 Å². The van der Waals surface area contributed by atoms with Gasteiger partial charge in [0, 0.05) is 22.7 Å². The number of aromatic nitrogens is 2. The van der Waals surface area contributed by atoms with E-state index in [1.807, 2.05) is 36.6 Å². The molecule has 0 aliphatic rings. The van der Waals surface area contributed by atoms with Crippen LogP contribution in [-0.4, -0.2) is 21.0 Å². The summed E-state index contributed by atoms with van der Waals surface area (Å²) in [5, 5.41) is 18.8. The molecular formula is C20H16N4O2S2. The summed E-state index contributed by atoms with van der Waals surface area (Å²) in [6.45, 7) is 1.89. The molecule has 0 atom stereocenters. The largest absolute Gasteiger partial charge is 0.508 e. The number of thiazole rings is 2. The summed E-state index contributed by atoms with van der Waals surface area (Å²) in [5.74, 6) is 0.00398. The summed E-state index contributed by atoms with van der Waals surface area (Å²) in [6.07, 6.45) is 0. The van der Waals surface area contributed by atoms with Gasteiger partial charge >= 0.3 is 0 Å². The van der Waals surface area contributed by atoms with Gasteiger partial charge in [0.1, 0.15) is 5.75 Å². The maximum absolute atomic E-state index is 12.3. The predicted octanol–water partition coefficient (Wildman–Crippen LogP) is 5.28. The Balaban J connectivity index is 1.51. The molecule has 6 nitrogen and oxygen atoms in total. The standard InChI is InChI=1S/C20H16N4O2S2/c1-12-17(28-20(21-12)24-18(26)13-6-3-2-4-7-13)16-11-27-19(23-16)22-14-8-5-9-15(25)10-14/h2-11,25H,1H3,(H,22,23)(H,21,24,26). The zero-order valence-electron chi connectivity index (χ0n) is 14.8. The maximum atomic E-state index is 12.3. The maximum Gasteiger partial charge on any atom is 0.257 e. The predicted molar refractivity (Wildman–Crippen MR) is 114 cm³/mol. The fourth-order valence-electron chi connectivity index (χ4n) is 2.59. The van der Waals surface area contributed by atoms with E-state index in [9.17, 15) is 9.90 Å². The number of nitrogens with one attached hydrogen (secondary N) is 2. The van der Waals surface area contributed by atoms with Gasteiger partial charge in [-0.1, -0.05) is 35.6 Å². The third kappa shape index (κ3) is 4.03. The molecule has 2 aromatic carbocycles. The van der Waals surface area contributed by atoms with E-state index in [1.165, 1.54) is 22.7 Å². The Labute approximate surface area is 169 Å². The number of nitrogens with zero attached hydrogens (tertiary/aromatic N) is 2. The van der Waals surface area contributed by atoms with Crippen molar-refractivity contribution in [3.8, 4) is 16.3 Å². The molecule has 3 N–H and O–H groups in total. The minimum absolute atomic E-state index is 0.189. The number of phenolic OH excluding ortho intramolecular Hbond substituents is 1. The fraction of sp³-hybridized carbons (Fsp3) is 0.0500. The molecule has 2 aromatic heterocycles. The molecule has 0 aliphatic heterocycles. The van der Waals surface area contributed by atoms with E-state index in [0.29, 0.717) is 15.8 Å². The van der Waals surface area contributed by atoms with Crippen LogP contribution in [0.4, 0.5) is 16.0 Å². The summed E-state index contributed by atoms with van der Waals surface area (Å²) in [6, 6.07) is 15.9. The molecule has 4 rings (SSSR count). The third-order valence-corrected chi connectivity index (χ3v) is 5.74. The zero-order chi connectivity index (χ0) is 19.5. The van der Waals surface area contributed by atoms with Gasteiger partial charge in [-0.25, -0.2) is 9.97 Å². The molecule has 0 radical (unpaired) electrons. The van der Waals surface area contributed by atoms with Crippen LogP contribution in [0, 0.1) is 6.92 Å². The lowest BCUT2D eigenvalue weighted by atomic mass is 10.2. The molecule has 1 amide bonds. The van der Waals surface area contributed by atoms with E-state index in [0.717, 1.165) is 22.0 Å². The molecular weight excluding hydrogens is 392 g/mol. The van der Waals surface area contributed by atoms with Crippen molar-refractivity contribution < 1.29 is 9.90 Å². The van der Waals surface area contributed by atoms with Crippen molar-refractivity contribution in [3.05, 3.63) is 71.2 Å². The van der Waals surface area contributed by atoms with Crippen LogP contribution in [0.2, 0.25) is 0 Å². The van der Waals surface area contributed by atoms with Crippen molar-refractivity contribution >= 4 is 44.5 Å². The lowest BCUT2D eigenvalue weighted by Crippen LogP contribution is -2.11. The smallest absolute Gasteiger partial charge is 0.257 e. The average Bonchev–Trinajstić information content (AvgIpc) is 3.28. The Morgan fingerprint density at radius 3 is 2.64 bits per heavy atom. The van der Waals surface area contributed by atoms with Crippen LogP contribution in [0.25, 0.3) is 10.6 Å². The Kier molecular flexibility index (Phi) is 5.05. The van der Waals surface area contributed by atoms with Gasteiger partial charge in [0.15, 0.2) is 10.3 Å². The number of benzene rings is 2. The lowest BCUT2D eigenvalue weighted by Gasteiger charge is -2.02. The highest BCUT2D eigenvalue weighted by atomic mass is 32.1. The second-order valence-electron chi connectivity index (χ2n) is 5.97. The fourth-order valence-corrected chi connectivity index (χ4v) is 4.31. The Morgan fingerprint density at radius 1 is 1.04 bits per heavy atom. The van der Waals surface area contributed by atoms with E-state index in [2.05, 4.69) is 20.6 Å². The summed E-state index contributed by atoms with van der Waals surface area (Å²) >= 11 is 2.85. The van der Waals surface area contributed by atoms with E-state index < -0.39 is 0 Å². The minimum Gasteiger partial charge on any atom is -0.508 e. The Bertz CT molecular complexity index is 1120. The van der Waals surface area contributed by atoms with Crippen molar-refractivity contribution in [2.24, 2.45) is 0 Å². The summed E-state index contributed by atoms with van der Waals surface area (Å²) < 4.78 is 0. The van der Waals surface area contributed by atoms with E-state index in [1.54, 1.807) is 30.3 Å². The number of aromatic hydroxyl groups is 1. The van der Waals surface area contributed by atoms with E-state index in [4.69, 9.17) is 0 Å². The van der Waals surface area contributed by atoms with Crippen LogP contribution in [0.5, 0.6) is 5.75 Å². The molecule has 4 aromatic rings. The van der Waals surface area contributed by atoms with Crippen LogP contribution >= 0.6 is 22.7 Å². The molecule has 0 aliphatic carbocycles. The van der Waals surface area contributed by atoms with Crippen LogP contribution < -0.4 is 10.6 Å². The van der Waals surface area contributed by atoms with Crippen molar-refractivity contribution in [1.82, 2.24) is 9.97 Å². The molecule has 2 heterocycles. The van der Waals surface area contributed by atoms with E-state index in [-0.39, 0.29) is 11.7 Å². The molecule has 0 unspecified atom stereocenters. The number of carbonyl (C=O) groups excluding carboxylic acids is 1. The van der Waals surface area contributed by atoms with Gasteiger partial charge in [-0.05, 0) is 31.2 Å². The van der Waals surface area contributed by atoms with Gasteiger partial charge in [0.2, 0.25) is 0 Å². The van der Waals surface area contributed by atoms with E-state index >= 15 is 0 Å². The normalized spacial score (nSPS) is 10.6. The SMILES string of the molecule is Cc1nc(NC(=O)c2ccccc2)sc1-c1csc(Nc2cccc(O)c2)n1. The Hall–Kier alpha value is -3.23. The van der Waals surface area contributed by atoms with Gasteiger partial charge in [-0.2, -0.15) is 0 Å². The van der Waals surface area contributed by atoms with Gasteiger partial charge in [-0.15, -0.1) is 11.3 Å². The summed E-state index contributed by atoms with van der Waals surface area (Å²) in [5.41, 5.74) is 2.95. The first kappa shape index (κ1) is 18.1. The topological polar surface area (TPSA) is 87.1 Å². The first-order valence-corrected chi connectivity index (χ1v) is 10.1. The number of amides is 1. The van der Waals surface area contributed by atoms with Gasteiger partial charge < -0.3 is 10.4 Å². The average molecular weight is 409 g/mol. The molecule has 0 fully saturated rings. The number of anilines is 3. The molecule has 0 bridgehead atoms. The molecule has 0 spiro atoms. The number of carbonyl (C=O) groups is 1. The highest BCUT2D eigenvalue weighted by Gasteiger charge is 2.15. The van der Waals surface area contributed by atoms with Gasteiger partial charge in [0.25, 0.3) is 5.91 Å². The van der Waals surface area contributed by atoms with Crippen LogP contribution in [0.3, 0.4) is 0 Å². The number of aryl methyl sites for hydroxylation is 1. The quantitative estimate of drug-likeness (QED) is 0.418. The third-order valence-electron chi connectivity index (χ3n) is 3.89. The second kappa shape index (κ2) is 7.79. The molecule has 0 saturated heterocycles. The van der Waals surface area contributed by atoms with Crippen molar-refractivity contribution in [2.45, 2.75) is 6.92 Å². The number of phenols is 1. The van der Waals surface area contributed by atoms with Crippen molar-refractivity contribution in [2.75, 3.05) is 10.6 Å². The first-order chi connectivity index (χ1) is 13.6. The summed E-state index contributed by atoms with van der Waals surface area (Å²) in [4.78, 5) is 22.3. The minimum atomic E-state index is -0.189. The Morgan fingerprint density at radius 2 is 1.86 bits per heavy atom. The zero-order valence-corrected chi connectivity index (χ0v) is 16.5. The molecule has 140 valence electrons. The van der Waals surface area contributed by atoms with Gasteiger partial charge in [0.05, 0.1) is 16.3 Å². The number of rotatable bonds is 5. The first-order valence-electron chi connectivity index (χ1n) is 8.44. The molecule has 28 heavy (non-hydrogen) atoms. The van der Waals surface area contributed by atoms with Gasteiger partial charge in [-0.3, -0.25) is 10.1 Å². The van der Waals surface area contributed by atoms with Crippen molar-refractivity contribution in [1.29, 1.82) is 0 Å². The second-order valence-corrected chi connectivity index (χ2v) is 7.82. The highest BCUT2D eigenvalue weighted by Crippen LogP contribution is 2.35. The van der Waals surface area contributed by atoms with Crippen LogP contribution in [-0.2, 0) is 0 Å². The summed E-state index contributed by atoms with van der Waals surface area (Å²) in [7, 11) is 0.